The Morgan fingerprint density at radius 2 is 0.833 bits per heavy atom. The van der Waals surface area contributed by atoms with Crippen LogP contribution < -0.4 is 26.5 Å². The number of hydrogen-bond acceptors (Lipinski definition) is 8. The molecule has 0 aliphatic carbocycles. The van der Waals surface area contributed by atoms with Crippen molar-refractivity contribution in [3.63, 3.8) is 0 Å². The molecule has 0 bridgehead atoms. The van der Waals surface area contributed by atoms with E-state index in [4.69, 9.17) is 10.5 Å². The first-order valence-corrected chi connectivity index (χ1v) is 46.3. The van der Waals surface area contributed by atoms with Crippen molar-refractivity contribution in [3.8, 4) is 0 Å². The van der Waals surface area contributed by atoms with Gasteiger partial charge in [-0.3, -0.25) is 20.5 Å². The Labute approximate surface area is 254 Å². The quantitative estimate of drug-likeness (QED) is 0.201. The van der Waals surface area contributed by atoms with Crippen LogP contribution in [-0.4, -0.2) is 36.5 Å². The molecule has 0 unspecified atom stereocenters. The van der Waals surface area contributed by atoms with E-state index in [0.29, 0.717) is 26.5 Å². The molecule has 24 heavy (non-hydrogen) atoms. The summed E-state index contributed by atoms with van der Waals surface area (Å²) >= 11 is 19.1. The molecule has 0 saturated heterocycles. The molecule has 2 N–H and O–H groups in total. The van der Waals surface area contributed by atoms with E-state index in [1.54, 1.807) is 0 Å². The molecule has 164 valence electrons. The van der Waals surface area contributed by atoms with Gasteiger partial charge in [0, 0.05) is 74.5 Å². The van der Waals surface area contributed by atoms with Crippen molar-refractivity contribution >= 4 is 184 Å². The maximum absolute atomic E-state index is 10.1. The van der Waals surface area contributed by atoms with Gasteiger partial charge < -0.3 is 9.11 Å². The van der Waals surface area contributed by atoms with Crippen LogP contribution in [0.3, 0.4) is 0 Å². The van der Waals surface area contributed by atoms with E-state index in [9.17, 15) is 25.9 Å². The Hall–Kier alpha value is 7.35. The fraction of sp³-hybridized carbons (Fsp3) is 1.00. The topological polar surface area (TPSA) is 155 Å². The van der Waals surface area contributed by atoms with Crippen molar-refractivity contribution < 1.29 is 63.0 Å². The second-order valence-corrected chi connectivity index (χ2v) is 41.6. The smallest absolute Gasteiger partial charge is 0.311 e. The summed E-state index contributed by atoms with van der Waals surface area (Å²) in [5.74, 6) is 0. The zero-order chi connectivity index (χ0) is 19.7. The average Bonchev–Trinajstić information content (AvgIpc) is 2.53. The van der Waals surface area contributed by atoms with Crippen LogP contribution in [0.1, 0.15) is 14.9 Å². The molecule has 0 aliphatic rings. The molecule has 0 rings (SSSR count). The minimum absolute atomic E-state index is 0. The van der Waals surface area contributed by atoms with E-state index in [0.717, 1.165) is 0 Å². The Morgan fingerprint density at radius 3 is 0.875 bits per heavy atom. The van der Waals surface area contributed by atoms with Crippen molar-refractivity contribution in [1.29, 1.82) is 0 Å². The van der Waals surface area contributed by atoms with E-state index in [1.165, 1.54) is 0 Å². The first-order valence-electron chi connectivity index (χ1n) is 2.56. The van der Waals surface area contributed by atoms with E-state index < -0.39 is 35.1 Å². The zero-order valence-electron chi connectivity index (χ0n) is 8.76. The monoisotopic (exact) mass is 1560 g/mol. The van der Waals surface area contributed by atoms with Crippen molar-refractivity contribution in [2.24, 2.45) is 0 Å². The predicted octanol–water partition coefficient (Wildman–Crippen LogP) is 0.370. The fourth-order valence-electron chi connectivity index (χ4n) is 0.0907. The zero-order valence-corrected chi connectivity index (χ0v) is 33.6. The van der Waals surface area contributed by atoms with Crippen LogP contribution in [0.5, 0.6) is 0 Å². The van der Waals surface area contributed by atoms with Gasteiger partial charge in [0.15, 0.2) is 0 Å². The predicted molar refractivity (Wildman–Crippen MR) is 165 cm³/mol. The fourth-order valence-corrected chi connectivity index (χ4v) is 4.90. The maximum Gasteiger partial charge on any atom is 0.311 e. The van der Waals surface area contributed by atoms with Gasteiger partial charge >= 0.3 is 110 Å². The molecule has 0 radical (unpaired) electrons. The Kier molecular flexibility index (Phi) is 127. The van der Waals surface area contributed by atoms with E-state index >= 15 is 0 Å². The summed E-state index contributed by atoms with van der Waals surface area (Å²) < 4.78 is 58.9. The van der Waals surface area contributed by atoms with E-state index in [1.807, 2.05) is 0 Å². The molecule has 0 heterocycles. The first-order chi connectivity index (χ1) is 10.3. The number of halogens is 10. The molecule has 0 atom stereocenters. The van der Waals surface area contributed by atoms with Crippen molar-refractivity contribution in [2.45, 2.75) is 14.9 Å². The number of rotatable bonds is 0. The van der Waals surface area contributed by atoms with Gasteiger partial charge in [-0.1, -0.05) is 14.9 Å². The van der Waals surface area contributed by atoms with Crippen LogP contribution in [0.25, 0.3) is 0 Å². The summed E-state index contributed by atoms with van der Waals surface area (Å²) in [5.41, 5.74) is 0. The Morgan fingerprint density at radius 1 is 0.667 bits per heavy atom. The molecule has 0 saturated carbocycles. The van der Waals surface area contributed by atoms with Gasteiger partial charge in [0.2, 0.25) is 7.92 Å². The van der Waals surface area contributed by atoms with Crippen LogP contribution in [0.2, 0.25) is 0 Å². The minimum atomic E-state index is -3.13. The summed E-state index contributed by atoms with van der Waals surface area (Å²) in [6.07, 6.45) is 0. The van der Waals surface area contributed by atoms with Gasteiger partial charge in [-0.25, -0.2) is 4.21 Å². The molecular weight excluding hydrogens is 1550 g/mol. The van der Waals surface area contributed by atoms with Gasteiger partial charge in [-0.15, -0.1) is 0 Å². The van der Waals surface area contributed by atoms with E-state index in [-0.39, 0.29) is 14.9 Å². The molecule has 0 aliphatic heterocycles. The summed E-state index contributed by atoms with van der Waals surface area (Å²) in [4.78, 5) is 0. The summed E-state index contributed by atoms with van der Waals surface area (Å²) in [6, 6.07) is 0. The van der Waals surface area contributed by atoms with Crippen molar-refractivity contribution in [3.05, 3.63) is 0 Å². The van der Waals surface area contributed by atoms with Crippen molar-refractivity contribution in [1.82, 2.24) is 0 Å². The largest absolute Gasteiger partial charge is 0.805 e. The van der Waals surface area contributed by atoms with E-state index in [2.05, 4.69) is 149 Å². The van der Waals surface area contributed by atoms with Crippen LogP contribution in [0.15, 0.2) is 0 Å². The van der Waals surface area contributed by atoms with Crippen LogP contribution in [-0.2, 0) is 35.1 Å². The van der Waals surface area contributed by atoms with Gasteiger partial charge in [0.05, 0.1) is 0 Å². The molecule has 0 aromatic rings. The molecule has 0 aromatic heterocycles. The molecule has 0 amide bonds. The summed E-state index contributed by atoms with van der Waals surface area (Å²) in [5, 5.41) is 12.0. The molecule has 22 heteroatoms. The SMILES string of the molecule is C.C.II.II.I[I-]I.I[I-]I.O=S(=O)=S(=O)=S(=O)=S([O-])[O-].OO. The van der Waals surface area contributed by atoms with Crippen LogP contribution in [0.4, 0.5) is 0 Å². The second kappa shape index (κ2) is 57.4. The van der Waals surface area contributed by atoms with Crippen LogP contribution in [0, 0.1) is 0 Å². The third-order valence-electron chi connectivity index (χ3n) is 0.333. The maximum atomic E-state index is 10.1. The third-order valence-corrected chi connectivity index (χ3v) is 8.00. The van der Waals surface area contributed by atoms with Crippen molar-refractivity contribution in [2.75, 3.05) is 0 Å². The number of hydrogen-bond donors (Lipinski definition) is 2. The Bertz CT molecular complexity index is 515. The third kappa shape index (κ3) is 63.0. The minimum Gasteiger partial charge on any atom is -0.805 e. The molecule has 0 fully saturated rings. The molecular formula is C2H10I10O8S4-4. The normalized spacial score (nSPS) is 6.54. The Balaban J connectivity index is -0.0000000259. The average molecular weight is 1560 g/mol. The summed E-state index contributed by atoms with van der Waals surface area (Å²) in [6.45, 7) is 0. The van der Waals surface area contributed by atoms with Crippen LogP contribution >= 0.6 is 149 Å². The standard InChI is InChI=1S/2CH4.2I3.2I2.O6S4.H2O2/c;;2*1-3-2;2*1-2;1-7(2)9(5)10(6)8(3)4;1-2/h2*1H4;;;;;;1-2H/q;;2*-1;;;-2;. The molecule has 0 spiro atoms. The van der Waals surface area contributed by atoms with Gasteiger partial charge in [-0.2, -0.15) is 12.6 Å². The second-order valence-electron chi connectivity index (χ2n) is 0.924. The first kappa shape index (κ1) is 53.0. The molecule has 8 nitrogen and oxygen atoms in total. The van der Waals surface area contributed by atoms with Gasteiger partial charge in [0.25, 0.3) is 0 Å². The summed E-state index contributed by atoms with van der Waals surface area (Å²) in [7, 11) is -12.0. The van der Waals surface area contributed by atoms with Gasteiger partial charge in [-0.05, 0) is 0 Å². The molecule has 0 aromatic carbocycles. The van der Waals surface area contributed by atoms with Gasteiger partial charge in [0.1, 0.15) is 7.92 Å².